The van der Waals surface area contributed by atoms with Crippen LogP contribution in [0.3, 0.4) is 0 Å². The van der Waals surface area contributed by atoms with Crippen LogP contribution in [-0.4, -0.2) is 58.9 Å². The Morgan fingerprint density at radius 2 is 1.97 bits per heavy atom. The number of aromatic nitrogens is 2. The summed E-state index contributed by atoms with van der Waals surface area (Å²) in [5, 5.41) is 0.899. The molecule has 4 rings (SSSR count). The van der Waals surface area contributed by atoms with Gasteiger partial charge in [-0.1, -0.05) is 0 Å². The standard InChI is InChI=1S/C22H24N4O4/c1-24(2)21(28)19-16-7-8-26(12-14(16)11-25(3)22(19)29)20(27)18-10-13-9-15(30-4)5-6-17(13)23-18/h5-6,9-11,23H,7-8,12H2,1-4H3. The average molecular weight is 408 g/mol. The monoisotopic (exact) mass is 408 g/mol. The third kappa shape index (κ3) is 3.24. The molecule has 8 heteroatoms. The molecule has 156 valence electrons. The van der Waals surface area contributed by atoms with Gasteiger partial charge < -0.3 is 24.1 Å². The van der Waals surface area contributed by atoms with Crippen molar-refractivity contribution in [2.24, 2.45) is 7.05 Å². The molecule has 1 aliphatic heterocycles. The molecule has 30 heavy (non-hydrogen) atoms. The van der Waals surface area contributed by atoms with Crippen molar-refractivity contribution >= 4 is 22.7 Å². The number of hydrogen-bond donors (Lipinski definition) is 1. The van der Waals surface area contributed by atoms with E-state index in [-0.39, 0.29) is 22.9 Å². The van der Waals surface area contributed by atoms with E-state index in [0.29, 0.717) is 25.2 Å². The summed E-state index contributed by atoms with van der Waals surface area (Å²) in [6.45, 7) is 0.778. The van der Waals surface area contributed by atoms with Gasteiger partial charge >= 0.3 is 0 Å². The molecule has 1 N–H and O–H groups in total. The highest BCUT2D eigenvalue weighted by Crippen LogP contribution is 2.25. The Morgan fingerprint density at radius 1 is 1.20 bits per heavy atom. The first-order chi connectivity index (χ1) is 14.3. The number of ether oxygens (including phenoxy) is 1. The van der Waals surface area contributed by atoms with Crippen molar-refractivity contribution in [1.82, 2.24) is 19.4 Å². The van der Waals surface area contributed by atoms with Crippen LogP contribution in [0, 0.1) is 0 Å². The first kappa shape index (κ1) is 19.8. The molecular weight excluding hydrogens is 384 g/mol. The summed E-state index contributed by atoms with van der Waals surface area (Å²) in [4.78, 5) is 44.6. The van der Waals surface area contributed by atoms with E-state index in [1.807, 2.05) is 24.3 Å². The predicted molar refractivity (Wildman–Crippen MR) is 113 cm³/mol. The molecule has 0 fully saturated rings. The number of nitrogens with zero attached hydrogens (tertiary/aromatic N) is 3. The van der Waals surface area contributed by atoms with Crippen molar-refractivity contribution < 1.29 is 14.3 Å². The number of carbonyl (C=O) groups excluding carboxylic acids is 2. The molecule has 2 aromatic heterocycles. The van der Waals surface area contributed by atoms with Crippen molar-refractivity contribution in [3.63, 3.8) is 0 Å². The van der Waals surface area contributed by atoms with Gasteiger partial charge in [0.25, 0.3) is 17.4 Å². The summed E-state index contributed by atoms with van der Waals surface area (Å²) < 4.78 is 6.66. The lowest BCUT2D eigenvalue weighted by Crippen LogP contribution is -2.40. The van der Waals surface area contributed by atoms with Crippen molar-refractivity contribution in [2.75, 3.05) is 27.7 Å². The van der Waals surface area contributed by atoms with E-state index in [1.54, 1.807) is 39.3 Å². The van der Waals surface area contributed by atoms with Gasteiger partial charge in [0.2, 0.25) is 0 Å². The second kappa shape index (κ2) is 7.37. The Kier molecular flexibility index (Phi) is 4.85. The van der Waals surface area contributed by atoms with E-state index in [9.17, 15) is 14.4 Å². The molecule has 0 bridgehead atoms. The Balaban J connectivity index is 1.67. The Morgan fingerprint density at radius 3 is 2.67 bits per heavy atom. The number of aryl methyl sites for hydroxylation is 1. The zero-order chi connectivity index (χ0) is 21.6. The van der Waals surface area contributed by atoms with Crippen molar-refractivity contribution in [1.29, 1.82) is 0 Å². The van der Waals surface area contributed by atoms with Crippen LogP contribution in [0.1, 0.15) is 32.0 Å². The van der Waals surface area contributed by atoms with Crippen molar-refractivity contribution in [3.05, 3.63) is 63.2 Å². The summed E-state index contributed by atoms with van der Waals surface area (Å²) >= 11 is 0. The molecule has 1 aromatic carbocycles. The van der Waals surface area contributed by atoms with Crippen LogP contribution < -0.4 is 10.3 Å². The molecule has 2 amide bonds. The molecule has 1 aliphatic rings. The van der Waals surface area contributed by atoms with E-state index >= 15 is 0 Å². The molecule has 0 atom stereocenters. The number of fused-ring (bicyclic) bond motifs is 2. The average Bonchev–Trinajstić information content (AvgIpc) is 3.16. The SMILES string of the molecule is COc1ccc2[nH]c(C(=O)N3CCc4c(cn(C)c(=O)c4C(=O)N(C)C)C3)cc2c1. The van der Waals surface area contributed by atoms with Crippen molar-refractivity contribution in [2.45, 2.75) is 13.0 Å². The van der Waals surface area contributed by atoms with Gasteiger partial charge in [-0.15, -0.1) is 0 Å². The predicted octanol–water partition coefficient (Wildman–Crippen LogP) is 1.78. The Hall–Kier alpha value is -3.55. The topological polar surface area (TPSA) is 87.6 Å². The molecular formula is C22H24N4O4. The van der Waals surface area contributed by atoms with Crippen LogP contribution in [0.2, 0.25) is 0 Å². The molecule has 0 spiro atoms. The maximum absolute atomic E-state index is 13.1. The summed E-state index contributed by atoms with van der Waals surface area (Å²) in [6, 6.07) is 7.42. The summed E-state index contributed by atoms with van der Waals surface area (Å²) in [5.74, 6) is 0.299. The number of rotatable bonds is 3. The van der Waals surface area contributed by atoms with E-state index in [1.165, 1.54) is 9.47 Å². The molecule has 0 aliphatic carbocycles. The Labute approximate surface area is 173 Å². The Bertz CT molecular complexity index is 1220. The quantitative estimate of drug-likeness (QED) is 0.716. The molecule has 0 saturated heterocycles. The van der Waals surface area contributed by atoms with Crippen LogP contribution in [0.4, 0.5) is 0 Å². The van der Waals surface area contributed by atoms with Gasteiger partial charge in [0.1, 0.15) is 17.0 Å². The largest absolute Gasteiger partial charge is 0.497 e. The number of hydrogen-bond acceptors (Lipinski definition) is 4. The number of benzene rings is 1. The van der Waals surface area contributed by atoms with Gasteiger partial charge in [-0.25, -0.2) is 0 Å². The number of H-pyrrole nitrogens is 1. The van der Waals surface area contributed by atoms with Gasteiger partial charge in [0.15, 0.2) is 0 Å². The van der Waals surface area contributed by atoms with E-state index in [2.05, 4.69) is 4.98 Å². The van der Waals surface area contributed by atoms with E-state index < -0.39 is 0 Å². The maximum Gasteiger partial charge on any atom is 0.270 e. The minimum absolute atomic E-state index is 0.120. The van der Waals surface area contributed by atoms with Crippen LogP contribution in [0.15, 0.2) is 35.3 Å². The number of amides is 2. The molecule has 0 unspecified atom stereocenters. The van der Waals surface area contributed by atoms with Crippen LogP contribution in [0.5, 0.6) is 5.75 Å². The zero-order valence-corrected chi connectivity index (χ0v) is 17.5. The molecule has 0 radical (unpaired) electrons. The van der Waals surface area contributed by atoms with Gasteiger partial charge in [0.05, 0.1) is 7.11 Å². The number of aromatic amines is 1. The number of nitrogens with one attached hydrogen (secondary N) is 1. The highest BCUT2D eigenvalue weighted by Gasteiger charge is 2.29. The van der Waals surface area contributed by atoms with Crippen LogP contribution in [-0.2, 0) is 20.0 Å². The van der Waals surface area contributed by atoms with E-state index in [0.717, 1.165) is 27.8 Å². The molecule has 3 aromatic rings. The second-order valence-corrected chi connectivity index (χ2v) is 7.74. The van der Waals surface area contributed by atoms with Crippen LogP contribution >= 0.6 is 0 Å². The lowest BCUT2D eigenvalue weighted by molar-refractivity contribution is 0.0728. The van der Waals surface area contributed by atoms with E-state index in [4.69, 9.17) is 4.74 Å². The molecule has 8 nitrogen and oxygen atoms in total. The molecule has 0 saturated carbocycles. The maximum atomic E-state index is 13.1. The van der Waals surface area contributed by atoms with Gasteiger partial charge in [-0.2, -0.15) is 0 Å². The summed E-state index contributed by atoms with van der Waals surface area (Å²) in [7, 11) is 6.49. The number of carbonyl (C=O) groups is 2. The van der Waals surface area contributed by atoms with Gasteiger partial charge in [-0.05, 0) is 41.8 Å². The smallest absolute Gasteiger partial charge is 0.270 e. The highest BCUT2D eigenvalue weighted by molar-refractivity contribution is 5.99. The minimum atomic E-state index is -0.309. The fourth-order valence-corrected chi connectivity index (χ4v) is 3.93. The summed E-state index contributed by atoms with van der Waals surface area (Å²) in [5.41, 5.74) is 2.80. The normalized spacial score (nSPS) is 13.3. The number of pyridine rings is 1. The van der Waals surface area contributed by atoms with Gasteiger partial charge in [-0.3, -0.25) is 14.4 Å². The highest BCUT2D eigenvalue weighted by atomic mass is 16.5. The number of methoxy groups -OCH3 is 1. The second-order valence-electron chi connectivity index (χ2n) is 7.74. The lowest BCUT2D eigenvalue weighted by Gasteiger charge is -2.30. The molecule has 3 heterocycles. The third-order valence-corrected chi connectivity index (χ3v) is 5.53. The van der Waals surface area contributed by atoms with Crippen LogP contribution in [0.25, 0.3) is 10.9 Å². The third-order valence-electron chi connectivity index (χ3n) is 5.53. The lowest BCUT2D eigenvalue weighted by atomic mass is 9.95. The first-order valence-electron chi connectivity index (χ1n) is 9.69. The fraction of sp³-hybridized carbons (Fsp3) is 0.318. The minimum Gasteiger partial charge on any atom is -0.497 e. The summed E-state index contributed by atoms with van der Waals surface area (Å²) in [6.07, 6.45) is 2.18. The van der Waals surface area contributed by atoms with Crippen molar-refractivity contribution in [3.8, 4) is 5.75 Å². The fourth-order valence-electron chi connectivity index (χ4n) is 3.93. The van der Waals surface area contributed by atoms with Gasteiger partial charge in [0, 0.05) is 51.3 Å². The zero-order valence-electron chi connectivity index (χ0n) is 17.5. The first-order valence-corrected chi connectivity index (χ1v) is 9.69.